The van der Waals surface area contributed by atoms with E-state index in [1.807, 2.05) is 51.1 Å². The molecule has 29 heavy (non-hydrogen) atoms. The maximum Gasteiger partial charge on any atom is 0.327 e. The van der Waals surface area contributed by atoms with Gasteiger partial charge in [0, 0.05) is 5.56 Å². The number of anilines is 1. The van der Waals surface area contributed by atoms with Crippen molar-refractivity contribution in [3.63, 3.8) is 0 Å². The molecule has 2 aromatic carbocycles. The molecular formula is C23H23N3O3. The van der Waals surface area contributed by atoms with Gasteiger partial charge in [0.15, 0.2) is 0 Å². The second-order valence-corrected chi connectivity index (χ2v) is 6.67. The van der Waals surface area contributed by atoms with Crippen LogP contribution < -0.4 is 15.4 Å². The highest BCUT2D eigenvalue weighted by atomic mass is 16.5. The van der Waals surface area contributed by atoms with Crippen LogP contribution in [0.5, 0.6) is 5.75 Å². The summed E-state index contributed by atoms with van der Waals surface area (Å²) in [6.45, 7) is 6.03. The Balaban J connectivity index is 1.70. The molecule has 6 heteroatoms. The first-order valence-corrected chi connectivity index (χ1v) is 9.27. The third-order valence-corrected chi connectivity index (χ3v) is 4.59. The molecule has 1 heterocycles. The van der Waals surface area contributed by atoms with Crippen LogP contribution in [0.15, 0.2) is 60.7 Å². The zero-order valence-corrected chi connectivity index (χ0v) is 16.7. The molecule has 0 aliphatic rings. The number of pyridine rings is 1. The van der Waals surface area contributed by atoms with Crippen LogP contribution >= 0.6 is 0 Å². The molecule has 0 saturated carbocycles. The van der Waals surface area contributed by atoms with E-state index in [2.05, 4.69) is 15.6 Å². The molecule has 1 aromatic heterocycles. The van der Waals surface area contributed by atoms with Crippen LogP contribution in [0.25, 0.3) is 0 Å². The molecule has 148 valence electrons. The zero-order chi connectivity index (χ0) is 20.8. The van der Waals surface area contributed by atoms with Crippen LogP contribution in [-0.2, 0) is 6.61 Å². The van der Waals surface area contributed by atoms with Crippen molar-refractivity contribution in [1.82, 2.24) is 10.3 Å². The van der Waals surface area contributed by atoms with Crippen LogP contribution in [0.3, 0.4) is 0 Å². The minimum absolute atomic E-state index is 0.394. The van der Waals surface area contributed by atoms with Gasteiger partial charge in [-0.15, -0.1) is 0 Å². The molecular weight excluding hydrogens is 366 g/mol. The van der Waals surface area contributed by atoms with Crippen LogP contribution in [0.2, 0.25) is 0 Å². The molecule has 2 N–H and O–H groups in total. The molecule has 0 unspecified atom stereocenters. The van der Waals surface area contributed by atoms with Gasteiger partial charge in [-0.1, -0.05) is 48.5 Å². The minimum atomic E-state index is -0.633. The average Bonchev–Trinajstić information content (AvgIpc) is 2.73. The number of carbonyl (C=O) groups is 2. The maximum absolute atomic E-state index is 12.3. The van der Waals surface area contributed by atoms with E-state index >= 15 is 0 Å². The van der Waals surface area contributed by atoms with E-state index < -0.39 is 11.9 Å². The predicted octanol–water partition coefficient (Wildman–Crippen LogP) is 4.55. The smallest absolute Gasteiger partial charge is 0.327 e. The number of aromatic nitrogens is 1. The summed E-state index contributed by atoms with van der Waals surface area (Å²) >= 11 is 0. The Bertz CT molecular complexity index is 1020. The van der Waals surface area contributed by atoms with Crippen LogP contribution in [-0.4, -0.2) is 16.9 Å². The summed E-state index contributed by atoms with van der Waals surface area (Å²) in [5.74, 6) is 0.611. The summed E-state index contributed by atoms with van der Waals surface area (Å²) in [6.07, 6.45) is 0. The quantitative estimate of drug-likeness (QED) is 0.671. The molecule has 0 aliphatic heterocycles. The number of rotatable bonds is 5. The van der Waals surface area contributed by atoms with Gasteiger partial charge in [-0.05, 0) is 49.6 Å². The normalized spacial score (nSPS) is 10.3. The van der Waals surface area contributed by atoms with Gasteiger partial charge in [-0.25, -0.2) is 9.78 Å². The lowest BCUT2D eigenvalue weighted by Gasteiger charge is -2.17. The molecule has 3 aromatic rings. The molecule has 0 aliphatic carbocycles. The van der Waals surface area contributed by atoms with Gasteiger partial charge >= 0.3 is 6.03 Å². The lowest BCUT2D eigenvalue weighted by atomic mass is 10.1. The van der Waals surface area contributed by atoms with Crippen molar-refractivity contribution < 1.29 is 14.3 Å². The van der Waals surface area contributed by atoms with Gasteiger partial charge in [-0.2, -0.15) is 0 Å². The van der Waals surface area contributed by atoms with Crippen molar-refractivity contribution in [3.8, 4) is 5.75 Å². The van der Waals surface area contributed by atoms with Gasteiger partial charge in [0.05, 0.1) is 5.69 Å². The molecule has 0 fully saturated rings. The molecule has 3 amide bonds. The van der Waals surface area contributed by atoms with Crippen molar-refractivity contribution in [1.29, 1.82) is 0 Å². The first kappa shape index (κ1) is 20.1. The van der Waals surface area contributed by atoms with Crippen molar-refractivity contribution in [3.05, 3.63) is 88.6 Å². The summed E-state index contributed by atoms with van der Waals surface area (Å²) in [5, 5.41) is 4.97. The SMILES string of the molecule is Cc1nc(NC(=O)NC(=O)c2ccccc2)c(C)c(C)c1OCc1ccccc1. The van der Waals surface area contributed by atoms with Crippen molar-refractivity contribution in [2.24, 2.45) is 0 Å². The Morgan fingerprint density at radius 2 is 1.52 bits per heavy atom. The summed E-state index contributed by atoms with van der Waals surface area (Å²) in [4.78, 5) is 28.8. The van der Waals surface area contributed by atoms with E-state index in [0.717, 1.165) is 16.7 Å². The monoisotopic (exact) mass is 389 g/mol. The van der Waals surface area contributed by atoms with Crippen molar-refractivity contribution >= 4 is 17.8 Å². The number of aryl methyl sites for hydroxylation is 1. The second-order valence-electron chi connectivity index (χ2n) is 6.67. The number of hydrogen-bond donors (Lipinski definition) is 2. The van der Waals surface area contributed by atoms with E-state index in [1.165, 1.54) is 0 Å². The third kappa shape index (κ3) is 4.99. The Morgan fingerprint density at radius 1 is 0.897 bits per heavy atom. The molecule has 0 atom stereocenters. The fourth-order valence-corrected chi connectivity index (χ4v) is 2.89. The first-order chi connectivity index (χ1) is 14.0. The number of amides is 3. The fraction of sp³-hybridized carbons (Fsp3) is 0.174. The minimum Gasteiger partial charge on any atom is -0.487 e. The number of urea groups is 1. The van der Waals surface area contributed by atoms with E-state index in [-0.39, 0.29) is 0 Å². The standard InChI is InChI=1S/C23H23N3O3/c1-15-16(2)21(25-23(28)26-22(27)19-12-8-5-9-13-19)24-17(3)20(15)29-14-18-10-6-4-7-11-18/h4-13H,14H2,1-3H3,(H2,24,25,26,27,28). The highest BCUT2D eigenvalue weighted by Gasteiger charge is 2.16. The van der Waals surface area contributed by atoms with Gasteiger partial charge in [0.2, 0.25) is 0 Å². The highest BCUT2D eigenvalue weighted by Crippen LogP contribution is 2.29. The molecule has 3 rings (SSSR count). The number of nitrogens with one attached hydrogen (secondary N) is 2. The predicted molar refractivity (Wildman–Crippen MR) is 112 cm³/mol. The van der Waals surface area contributed by atoms with Gasteiger partial charge in [0.25, 0.3) is 5.91 Å². The van der Waals surface area contributed by atoms with Crippen molar-refractivity contribution in [2.45, 2.75) is 27.4 Å². The van der Waals surface area contributed by atoms with Gasteiger partial charge in [0.1, 0.15) is 18.2 Å². The molecule has 0 saturated heterocycles. The zero-order valence-electron chi connectivity index (χ0n) is 16.7. The van der Waals surface area contributed by atoms with E-state index in [9.17, 15) is 9.59 Å². The summed E-state index contributed by atoms with van der Waals surface area (Å²) in [7, 11) is 0. The molecule has 0 radical (unpaired) electrons. The number of nitrogens with zero attached hydrogens (tertiary/aromatic N) is 1. The first-order valence-electron chi connectivity index (χ1n) is 9.27. The average molecular weight is 389 g/mol. The topological polar surface area (TPSA) is 80.3 Å². The largest absolute Gasteiger partial charge is 0.487 e. The molecule has 0 spiro atoms. The van der Waals surface area contributed by atoms with E-state index in [4.69, 9.17) is 4.74 Å². The lowest BCUT2D eigenvalue weighted by molar-refractivity contribution is 0.0967. The number of hydrogen-bond acceptors (Lipinski definition) is 4. The number of ether oxygens (including phenoxy) is 1. The second kappa shape index (κ2) is 9.01. The number of benzene rings is 2. The Kier molecular flexibility index (Phi) is 6.24. The third-order valence-electron chi connectivity index (χ3n) is 4.59. The molecule has 0 bridgehead atoms. The number of carbonyl (C=O) groups excluding carboxylic acids is 2. The van der Waals surface area contributed by atoms with Crippen LogP contribution in [0.4, 0.5) is 10.6 Å². The Morgan fingerprint density at radius 3 is 2.17 bits per heavy atom. The summed E-state index contributed by atoms with van der Waals surface area (Å²) in [6, 6.07) is 17.8. The van der Waals surface area contributed by atoms with Crippen molar-refractivity contribution in [2.75, 3.05) is 5.32 Å². The van der Waals surface area contributed by atoms with Gasteiger partial charge < -0.3 is 4.74 Å². The van der Waals surface area contributed by atoms with Gasteiger partial charge in [-0.3, -0.25) is 15.4 Å². The maximum atomic E-state index is 12.3. The molecule has 6 nitrogen and oxygen atoms in total. The highest BCUT2D eigenvalue weighted by molar-refractivity contribution is 6.07. The summed E-state index contributed by atoms with van der Waals surface area (Å²) in [5.41, 5.74) is 3.79. The fourth-order valence-electron chi connectivity index (χ4n) is 2.89. The van der Waals surface area contributed by atoms with Crippen LogP contribution in [0.1, 0.15) is 32.7 Å². The Labute approximate surface area is 169 Å². The van der Waals surface area contributed by atoms with E-state index in [1.54, 1.807) is 30.3 Å². The number of imide groups is 1. The Hall–Kier alpha value is -3.67. The summed E-state index contributed by atoms with van der Waals surface area (Å²) < 4.78 is 5.97. The van der Waals surface area contributed by atoms with Crippen LogP contribution in [0, 0.1) is 20.8 Å². The van der Waals surface area contributed by atoms with E-state index in [0.29, 0.717) is 29.4 Å². The lowest BCUT2D eigenvalue weighted by Crippen LogP contribution is -2.34.